The zero-order valence-electron chi connectivity index (χ0n) is 86.7. The van der Waals surface area contributed by atoms with Crippen LogP contribution in [0.4, 0.5) is 0 Å². The number of halogens is 16. The number of ether oxygens (including phenoxy) is 12. The Labute approximate surface area is 1100 Å². The minimum absolute atomic E-state index is 0.120. The van der Waals surface area contributed by atoms with Crippen molar-refractivity contribution in [3.05, 3.63) is 199 Å². The van der Waals surface area contributed by atoms with Crippen molar-refractivity contribution in [2.24, 2.45) is 47.3 Å². The van der Waals surface area contributed by atoms with Crippen LogP contribution in [0.3, 0.4) is 0 Å². The molecule has 8 rings (SSSR count). The molecule has 0 aromatic heterocycles. The minimum atomic E-state index is -0.517. The van der Waals surface area contributed by atoms with E-state index in [0.29, 0.717) is 131 Å². The van der Waals surface area contributed by atoms with Crippen LogP contribution < -0.4 is 37.9 Å². The van der Waals surface area contributed by atoms with Crippen molar-refractivity contribution in [1.82, 2.24) is 0 Å². The smallest absolute Gasteiger partial charge is 0.309 e. The van der Waals surface area contributed by atoms with Gasteiger partial charge in [-0.25, -0.2) is 0 Å². The molecule has 8 aromatic carbocycles. The first-order valence-corrected chi connectivity index (χ1v) is 67.5. The van der Waals surface area contributed by atoms with Gasteiger partial charge in [-0.3, -0.25) is 38.4 Å². The molecule has 20 nitrogen and oxygen atoms in total. The average molecular weight is 3830 g/mol. The van der Waals surface area contributed by atoms with Gasteiger partial charge in [0, 0.05) is 49.4 Å². The Balaban J connectivity index is 0.000000347. The summed E-state index contributed by atoms with van der Waals surface area (Å²) in [6.07, 6.45) is 11.9. The maximum absolute atomic E-state index is 13.6. The third-order valence-electron chi connectivity index (χ3n) is 23.3. The van der Waals surface area contributed by atoms with Gasteiger partial charge in [-0.05, 0) is 663 Å². The lowest BCUT2D eigenvalue weighted by Gasteiger charge is -2.21. The molecule has 8 aromatic rings. The Bertz CT molecular complexity index is 4780. The number of esters is 4. The van der Waals surface area contributed by atoms with Crippen molar-refractivity contribution in [2.45, 2.75) is 239 Å². The third-order valence-corrected chi connectivity index (χ3v) is 36.1. The minimum Gasteiger partial charge on any atom is -0.492 e. The maximum atomic E-state index is 13.6. The summed E-state index contributed by atoms with van der Waals surface area (Å²) in [4.78, 5) is 106. The summed E-state index contributed by atoms with van der Waals surface area (Å²) in [5.41, 5.74) is 8.49. The maximum Gasteiger partial charge on any atom is 0.309 e. The van der Waals surface area contributed by atoms with Gasteiger partial charge in [0.05, 0.1) is 160 Å². The molecule has 0 saturated heterocycles. The molecule has 0 spiro atoms. The number of carbonyl (C=O) groups is 8. The largest absolute Gasteiger partial charge is 0.492 e. The number of rotatable bonds is 60. The zero-order valence-corrected chi connectivity index (χ0v) is 121. The summed E-state index contributed by atoms with van der Waals surface area (Å²) in [5, 5.41) is 0. The van der Waals surface area contributed by atoms with E-state index in [-0.39, 0.29) is 96.4 Å². The average Bonchev–Trinajstić information content (AvgIpc) is 0.833. The van der Waals surface area contributed by atoms with Crippen molar-refractivity contribution in [3.8, 4) is 46.0 Å². The quantitative estimate of drug-likeness (QED) is 0.0195. The molecule has 0 aliphatic rings. The van der Waals surface area contributed by atoms with E-state index in [1.807, 2.05) is 104 Å². The highest BCUT2D eigenvalue weighted by Gasteiger charge is 2.35. The lowest BCUT2D eigenvalue weighted by Crippen LogP contribution is -2.27. The van der Waals surface area contributed by atoms with Crippen LogP contribution in [-0.2, 0) is 109 Å². The summed E-state index contributed by atoms with van der Waals surface area (Å²) in [7, 11) is 0. The van der Waals surface area contributed by atoms with Crippen LogP contribution in [-0.4, -0.2) is 126 Å². The van der Waals surface area contributed by atoms with E-state index in [4.69, 9.17) is 56.8 Å². The van der Waals surface area contributed by atoms with E-state index in [0.717, 1.165) is 199 Å². The predicted octanol–water partition coefficient (Wildman–Crippen LogP) is 33.0. The molecule has 8 atom stereocenters. The Kier molecular flexibility index (Phi) is 70.9. The molecule has 816 valence electrons. The van der Waals surface area contributed by atoms with Crippen molar-refractivity contribution in [1.29, 1.82) is 0 Å². The van der Waals surface area contributed by atoms with Gasteiger partial charge >= 0.3 is 23.9 Å². The number of hydrogen-bond donors (Lipinski definition) is 0. The second-order valence-electron chi connectivity index (χ2n) is 34.6. The van der Waals surface area contributed by atoms with Gasteiger partial charge in [0.25, 0.3) is 0 Å². The van der Waals surface area contributed by atoms with Crippen molar-refractivity contribution in [3.63, 3.8) is 0 Å². The highest BCUT2D eigenvalue weighted by molar-refractivity contribution is 14.1. The second-order valence-corrected chi connectivity index (χ2v) is 53.2. The summed E-state index contributed by atoms with van der Waals surface area (Å²) in [6, 6.07) is 33.2. The molecule has 0 aliphatic heterocycles. The monoisotopic (exact) mass is 3830 g/mol. The molecule has 0 amide bonds. The highest BCUT2D eigenvalue weighted by atomic mass is 127. The molecule has 0 aliphatic carbocycles. The predicted molar refractivity (Wildman–Crippen MR) is 727 cm³/mol. The summed E-state index contributed by atoms with van der Waals surface area (Å²) in [6.45, 7) is 37.4. The van der Waals surface area contributed by atoms with Gasteiger partial charge in [-0.1, -0.05) is 53.4 Å². The van der Waals surface area contributed by atoms with E-state index in [1.165, 1.54) is 0 Å². The van der Waals surface area contributed by atoms with Crippen LogP contribution in [0.15, 0.2) is 97.1 Å². The van der Waals surface area contributed by atoms with E-state index in [1.54, 1.807) is 27.7 Å². The second kappa shape index (κ2) is 75.6. The molecular formula is C112H136I16O20. The molecule has 0 heterocycles. The Morgan fingerprint density at radius 2 is 0.284 bits per heavy atom. The Hall–Kier alpha value is 0.400. The van der Waals surface area contributed by atoms with Crippen LogP contribution in [0.5, 0.6) is 46.0 Å². The van der Waals surface area contributed by atoms with Gasteiger partial charge in [0.1, 0.15) is 69.1 Å². The summed E-state index contributed by atoms with van der Waals surface area (Å²) in [5.74, 6) is 3.61. The first kappa shape index (κ1) is 139. The third kappa shape index (κ3) is 47.1. The molecular weight excluding hydrogens is 3700 g/mol. The fourth-order valence-corrected chi connectivity index (χ4v) is 34.6. The van der Waals surface area contributed by atoms with Gasteiger partial charge < -0.3 is 56.8 Å². The molecule has 36 heteroatoms. The number of hydrogen-bond acceptors (Lipinski definition) is 20. The first-order chi connectivity index (χ1) is 70.6. The molecule has 0 radical (unpaired) electrons. The van der Waals surface area contributed by atoms with Crippen LogP contribution in [0.25, 0.3) is 0 Å². The summed E-state index contributed by atoms with van der Waals surface area (Å²) >= 11 is 36.5. The van der Waals surface area contributed by atoms with E-state index >= 15 is 0 Å². The number of ketones is 4. The van der Waals surface area contributed by atoms with Gasteiger partial charge in [-0.2, -0.15) is 0 Å². The van der Waals surface area contributed by atoms with E-state index in [2.05, 4.69) is 438 Å². The van der Waals surface area contributed by atoms with Gasteiger partial charge in [0.15, 0.2) is 0 Å². The first-order valence-electron chi connectivity index (χ1n) is 50.2. The fraction of sp³-hybridized carbons (Fsp3) is 0.500. The number of Topliss-reactive ketones (excluding diaryl/α,β-unsaturated/α-hetero) is 4. The SMILES string of the molecule is CCC[C@@H](Cc1cc(I)c(OCC)c(I)c1)C(=O)C[C@@H](Cc1cc(I)c(OCC)c(I)c1)C(=O)OCC.CCC[C@@H](Cc1cc(I)c(OCC)c(I)c1)C(=O)C[C@@H](Cc1cc(I)c(OCC)c(I)c1)C(=O)OCC.CCC[C@@H](Cc1cc(I)c(OCC)c(I)c1)C(=O)C[C@@H](Cc1cc(I)c(OCC)c(I)c1)C(=O)OCC.CCC[C@@H](Cc1cc(I)c(OCC)c(I)c1)C(=O)C[C@@H](Cc1cc(I)c(OCC)c(I)c1)C(=O)OCC. The molecule has 148 heavy (non-hydrogen) atoms. The van der Waals surface area contributed by atoms with Crippen LogP contribution in [0.2, 0.25) is 0 Å². The fourth-order valence-electron chi connectivity index (χ4n) is 16.9. The van der Waals surface area contributed by atoms with Crippen LogP contribution in [0.1, 0.15) is 232 Å². The molecule has 0 bridgehead atoms. The van der Waals surface area contributed by atoms with Crippen molar-refractivity contribution >= 4 is 408 Å². The van der Waals surface area contributed by atoms with Gasteiger partial charge in [-0.15, -0.1) is 0 Å². The van der Waals surface area contributed by atoms with E-state index in [9.17, 15) is 38.4 Å². The molecule has 0 saturated carbocycles. The normalized spacial score (nSPS) is 12.6. The number of benzene rings is 8. The Morgan fingerprint density at radius 1 is 0.176 bits per heavy atom. The van der Waals surface area contributed by atoms with E-state index < -0.39 is 23.7 Å². The number of carbonyl (C=O) groups excluding carboxylic acids is 8. The lowest BCUT2D eigenvalue weighted by atomic mass is 9.85. The zero-order chi connectivity index (χ0) is 110. The molecule has 0 unspecified atom stereocenters. The van der Waals surface area contributed by atoms with Crippen molar-refractivity contribution < 1.29 is 95.2 Å². The standard InChI is InChI=1S/4C28H34I4O5/c4*1-5-9-19(10-17-12-21(29)26(35-6-2)22(30)13-17)25(33)16-20(28(34)37-8-4)11-18-14-23(31)27(36-7-3)24(32)15-18/h4*12-15,19-20H,5-11,16H2,1-4H3/t4*19-,20+/m0000/s1. The molecule has 0 fully saturated rings. The lowest BCUT2D eigenvalue weighted by molar-refractivity contribution is -0.150. The topological polar surface area (TPSA) is 247 Å². The van der Waals surface area contributed by atoms with Gasteiger partial charge in [0.2, 0.25) is 0 Å². The van der Waals surface area contributed by atoms with Crippen LogP contribution in [0, 0.1) is 104 Å². The highest BCUT2D eigenvalue weighted by Crippen LogP contribution is 2.41. The van der Waals surface area contributed by atoms with Crippen LogP contribution >= 0.6 is 361 Å². The molecule has 0 N–H and O–H groups in total. The van der Waals surface area contributed by atoms with Crippen molar-refractivity contribution in [2.75, 3.05) is 79.3 Å². The Morgan fingerprint density at radius 3 is 0.378 bits per heavy atom. The summed E-state index contributed by atoms with van der Waals surface area (Å²) < 4.78 is 84.1.